The predicted octanol–water partition coefficient (Wildman–Crippen LogP) is 23.0. The fraction of sp³-hybridized carbons (Fsp3) is 0.0204. The molecule has 19 aromatic rings. The highest BCUT2D eigenvalue weighted by atomic mass is 15.2. The van der Waals surface area contributed by atoms with Crippen LogP contribution in [0.4, 0.5) is 0 Å². The van der Waals surface area contributed by atoms with E-state index in [1.54, 1.807) is 0 Å². The van der Waals surface area contributed by atoms with Crippen molar-refractivity contribution >= 4 is 43.6 Å². The molecule has 0 aliphatic heterocycles. The Morgan fingerprint density at radius 1 is 0.179 bits per heavy atom. The second-order valence-corrected chi connectivity index (χ2v) is 27.2. The van der Waals surface area contributed by atoms with Crippen molar-refractivity contribution in [1.82, 2.24) is 39.0 Å². The SMILES string of the molecule is c1ccc(-c2ccc3c4cc5c(cc4n(-c4nc(-c6ccccc6)nc(-c6ccccc6)n4)c3c2)C(c2ccccc2)(c2ccccc2)c2ccccc2-5)cc1.c1ccc(-c2nc(-c3ccccc3)nc(-n3c4ccccc4c4cc5c(cc43)C(c3ccccc3)(c3ccccc3)c3ccccc3-5)n2)cc1. The van der Waals surface area contributed by atoms with Crippen LogP contribution in [-0.4, -0.2) is 39.0 Å². The van der Waals surface area contributed by atoms with Crippen molar-refractivity contribution in [2.75, 3.05) is 0 Å². The van der Waals surface area contributed by atoms with Gasteiger partial charge in [-0.25, -0.2) is 9.97 Å². The molecule has 15 aromatic carbocycles. The summed E-state index contributed by atoms with van der Waals surface area (Å²) in [5.74, 6) is 3.68. The number of benzene rings is 15. The van der Waals surface area contributed by atoms with Crippen molar-refractivity contribution in [2.24, 2.45) is 0 Å². The minimum absolute atomic E-state index is 0.520. The predicted molar refractivity (Wildman–Crippen MR) is 430 cm³/mol. The van der Waals surface area contributed by atoms with Crippen LogP contribution in [0.1, 0.15) is 44.5 Å². The van der Waals surface area contributed by atoms with Gasteiger partial charge in [-0.3, -0.25) is 9.13 Å². The molecule has 4 aromatic heterocycles. The smallest absolute Gasteiger partial charge is 0.238 e. The third-order valence-electron chi connectivity index (χ3n) is 21.5. The molecule has 21 rings (SSSR count). The molecule has 0 saturated heterocycles. The lowest BCUT2D eigenvalue weighted by atomic mass is 9.67. The first-order valence-electron chi connectivity index (χ1n) is 36.0. The van der Waals surface area contributed by atoms with Gasteiger partial charge in [0.15, 0.2) is 23.3 Å². The van der Waals surface area contributed by atoms with E-state index in [1.165, 1.54) is 66.8 Å². The quantitative estimate of drug-likeness (QED) is 0.128. The third kappa shape index (κ3) is 9.90. The molecule has 0 fully saturated rings. The van der Waals surface area contributed by atoms with Crippen molar-refractivity contribution in [2.45, 2.75) is 10.8 Å². The Kier molecular flexibility index (Phi) is 14.8. The maximum absolute atomic E-state index is 5.30. The number of hydrogen-bond donors (Lipinski definition) is 0. The van der Waals surface area contributed by atoms with E-state index < -0.39 is 10.8 Å². The summed E-state index contributed by atoms with van der Waals surface area (Å²) in [6.45, 7) is 0. The maximum atomic E-state index is 5.30. The molecule has 0 spiro atoms. The van der Waals surface area contributed by atoms with Crippen LogP contribution in [0.2, 0.25) is 0 Å². The van der Waals surface area contributed by atoms with Gasteiger partial charge in [0.05, 0.1) is 32.9 Å². The standard InChI is InChI=1S/C52H34N4.C46H30N4/c1-6-18-35(19-7-1)38-30-31-42-44-33-43-41-28-16-17-29-45(41)52(39-24-12-4-13-25-39,40-26-14-5-15-27-40)46(43)34-48(44)56(47(42)32-38)51-54-49(36-20-8-2-9-21-36)53-50(55-51)37-22-10-3-11-23-37;1-5-17-31(18-6-1)43-47-44(32-19-7-2-8-20-32)49-45(48-43)50-41-28-16-14-26-36(41)38-29-37-35-25-13-15-27-39(35)46(40(37)30-42(38)50,33-21-9-3-10-22-33)34-23-11-4-12-24-34/h1-34H;1-30H. The minimum Gasteiger partial charge on any atom is -0.278 e. The van der Waals surface area contributed by atoms with Crippen LogP contribution in [0, 0.1) is 0 Å². The molecule has 0 radical (unpaired) electrons. The van der Waals surface area contributed by atoms with Gasteiger partial charge in [-0.1, -0.05) is 352 Å². The van der Waals surface area contributed by atoms with Crippen LogP contribution < -0.4 is 0 Å². The largest absolute Gasteiger partial charge is 0.278 e. The number of hydrogen-bond acceptors (Lipinski definition) is 6. The van der Waals surface area contributed by atoms with Crippen LogP contribution in [0.5, 0.6) is 0 Å². The van der Waals surface area contributed by atoms with Gasteiger partial charge >= 0.3 is 0 Å². The van der Waals surface area contributed by atoms with Crippen LogP contribution >= 0.6 is 0 Å². The van der Waals surface area contributed by atoms with Crippen molar-refractivity contribution in [3.8, 4) is 90.8 Å². The number of rotatable bonds is 11. The Balaban J connectivity index is 0.000000141. The summed E-state index contributed by atoms with van der Waals surface area (Å²) in [4.78, 5) is 31.1. The van der Waals surface area contributed by atoms with Crippen molar-refractivity contribution in [3.63, 3.8) is 0 Å². The summed E-state index contributed by atoms with van der Waals surface area (Å²) >= 11 is 0. The third-order valence-corrected chi connectivity index (χ3v) is 21.5. The molecule has 0 bridgehead atoms. The highest BCUT2D eigenvalue weighted by Crippen LogP contribution is 2.59. The first-order chi connectivity index (χ1) is 52.6. The molecule has 2 aliphatic rings. The molecule has 0 saturated carbocycles. The highest BCUT2D eigenvalue weighted by molar-refractivity contribution is 6.14. The van der Waals surface area contributed by atoms with Gasteiger partial charge in [0.2, 0.25) is 11.9 Å². The lowest BCUT2D eigenvalue weighted by Gasteiger charge is -2.34. The monoisotopic (exact) mass is 1350 g/mol. The molecule has 0 unspecified atom stereocenters. The molecular formula is C98H64N8. The zero-order valence-electron chi connectivity index (χ0n) is 57.5. The zero-order valence-corrected chi connectivity index (χ0v) is 57.5. The number of fused-ring (bicyclic) bond motifs is 12. The Hall–Kier alpha value is -14.1. The first kappa shape index (κ1) is 61.8. The molecule has 8 nitrogen and oxygen atoms in total. The molecule has 4 heterocycles. The van der Waals surface area contributed by atoms with E-state index in [0.717, 1.165) is 77.0 Å². The van der Waals surface area contributed by atoms with E-state index in [1.807, 2.05) is 72.8 Å². The topological polar surface area (TPSA) is 87.2 Å². The summed E-state index contributed by atoms with van der Waals surface area (Å²) in [6, 6.07) is 138. The van der Waals surface area contributed by atoms with Gasteiger partial charge in [-0.2, -0.15) is 19.9 Å². The molecule has 8 heteroatoms. The molecule has 2 aliphatic carbocycles. The van der Waals surface area contributed by atoms with E-state index in [4.69, 9.17) is 29.9 Å². The van der Waals surface area contributed by atoms with E-state index in [2.05, 4.69) is 325 Å². The summed E-state index contributed by atoms with van der Waals surface area (Å²) < 4.78 is 4.50. The maximum Gasteiger partial charge on any atom is 0.238 e. The van der Waals surface area contributed by atoms with Crippen LogP contribution in [0.25, 0.3) is 134 Å². The van der Waals surface area contributed by atoms with Gasteiger partial charge < -0.3 is 0 Å². The normalized spacial score (nSPS) is 12.9. The summed E-state index contributed by atoms with van der Waals surface area (Å²) in [5.41, 5.74) is 24.1. The molecular weight excluding hydrogens is 1290 g/mol. The van der Waals surface area contributed by atoms with Gasteiger partial charge in [0.25, 0.3) is 0 Å². The van der Waals surface area contributed by atoms with Crippen LogP contribution in [0.15, 0.2) is 388 Å². The zero-order chi connectivity index (χ0) is 70.1. The lowest BCUT2D eigenvalue weighted by molar-refractivity contribution is 0.769. The van der Waals surface area contributed by atoms with Crippen molar-refractivity contribution in [1.29, 1.82) is 0 Å². The van der Waals surface area contributed by atoms with Crippen LogP contribution in [-0.2, 0) is 10.8 Å². The fourth-order valence-electron chi connectivity index (χ4n) is 16.9. The van der Waals surface area contributed by atoms with Crippen molar-refractivity contribution in [3.05, 3.63) is 433 Å². The van der Waals surface area contributed by atoms with Gasteiger partial charge in [0, 0.05) is 43.8 Å². The highest BCUT2D eigenvalue weighted by Gasteiger charge is 2.48. The summed E-state index contributed by atoms with van der Waals surface area (Å²) in [5, 5.41) is 4.60. The Morgan fingerprint density at radius 3 is 0.849 bits per heavy atom. The molecule has 0 N–H and O–H groups in total. The fourth-order valence-corrected chi connectivity index (χ4v) is 16.9. The van der Waals surface area contributed by atoms with E-state index in [0.29, 0.717) is 35.2 Å². The van der Waals surface area contributed by atoms with Crippen molar-refractivity contribution < 1.29 is 0 Å². The Labute approximate surface area is 613 Å². The average molecular weight is 1350 g/mol. The van der Waals surface area contributed by atoms with Gasteiger partial charge in [-0.05, 0) is 114 Å². The number of para-hydroxylation sites is 1. The van der Waals surface area contributed by atoms with E-state index >= 15 is 0 Å². The van der Waals surface area contributed by atoms with E-state index in [9.17, 15) is 0 Å². The second kappa shape index (κ2) is 25.5. The van der Waals surface area contributed by atoms with Crippen LogP contribution in [0.3, 0.4) is 0 Å². The molecule has 496 valence electrons. The molecule has 0 amide bonds. The van der Waals surface area contributed by atoms with Gasteiger partial charge in [-0.15, -0.1) is 0 Å². The molecule has 0 atom stereocenters. The minimum atomic E-state index is -0.553. The number of aromatic nitrogens is 8. The Morgan fingerprint density at radius 2 is 0.472 bits per heavy atom. The summed E-state index contributed by atoms with van der Waals surface area (Å²) in [6.07, 6.45) is 0. The Bertz CT molecular complexity index is 6340. The number of nitrogens with zero attached hydrogens (tertiary/aromatic N) is 8. The van der Waals surface area contributed by atoms with E-state index in [-0.39, 0.29) is 0 Å². The average Bonchev–Trinajstić information content (AvgIpc) is 1.53. The first-order valence-corrected chi connectivity index (χ1v) is 36.0. The lowest BCUT2D eigenvalue weighted by Crippen LogP contribution is -2.28. The second-order valence-electron chi connectivity index (χ2n) is 27.2. The van der Waals surface area contributed by atoms with Gasteiger partial charge in [0.1, 0.15) is 0 Å². The summed E-state index contributed by atoms with van der Waals surface area (Å²) in [7, 11) is 0. The molecule has 106 heavy (non-hydrogen) atoms.